The number of benzene rings is 1. The molecule has 1 aliphatic heterocycles. The molecule has 3 aromatic rings. The highest BCUT2D eigenvalue weighted by Gasteiger charge is 2.47. The first-order chi connectivity index (χ1) is 18.1. The summed E-state index contributed by atoms with van der Waals surface area (Å²) >= 11 is 13.4. The average Bonchev–Trinajstić information content (AvgIpc) is 3.46. The molecule has 0 saturated carbocycles. The van der Waals surface area contributed by atoms with E-state index in [1.807, 2.05) is 0 Å². The van der Waals surface area contributed by atoms with Gasteiger partial charge in [0.2, 0.25) is 0 Å². The van der Waals surface area contributed by atoms with Gasteiger partial charge >= 0.3 is 12.1 Å². The monoisotopic (exact) mass is 586 g/mol. The van der Waals surface area contributed by atoms with Crippen molar-refractivity contribution in [3.05, 3.63) is 61.6 Å². The number of fused-ring (bicyclic) bond motifs is 2. The van der Waals surface area contributed by atoms with Crippen molar-refractivity contribution in [1.82, 2.24) is 9.78 Å². The van der Waals surface area contributed by atoms with E-state index in [1.165, 1.54) is 29.5 Å². The lowest BCUT2D eigenvalue weighted by Crippen LogP contribution is -2.35. The van der Waals surface area contributed by atoms with Crippen LogP contribution in [0.5, 0.6) is 0 Å². The van der Waals surface area contributed by atoms with Gasteiger partial charge < -0.3 is 15.4 Å². The summed E-state index contributed by atoms with van der Waals surface area (Å²) < 4.78 is 48.2. The number of carbonyl (C=O) groups is 2. The van der Waals surface area contributed by atoms with Gasteiger partial charge in [-0.1, -0.05) is 29.3 Å². The number of thiophene rings is 1. The van der Waals surface area contributed by atoms with Gasteiger partial charge in [0.15, 0.2) is 11.7 Å². The zero-order valence-electron chi connectivity index (χ0n) is 20.1. The topological polar surface area (TPSA) is 85.2 Å². The van der Waals surface area contributed by atoms with E-state index in [0.29, 0.717) is 27.6 Å². The van der Waals surface area contributed by atoms with Crippen molar-refractivity contribution < 1.29 is 27.5 Å². The second kappa shape index (κ2) is 10.4. The van der Waals surface area contributed by atoms with Crippen LogP contribution < -0.4 is 10.6 Å². The van der Waals surface area contributed by atoms with Crippen molar-refractivity contribution in [1.29, 1.82) is 0 Å². The Morgan fingerprint density at radius 1 is 1.21 bits per heavy atom. The van der Waals surface area contributed by atoms with Gasteiger partial charge in [-0.05, 0) is 55.9 Å². The molecular weight excluding hydrogens is 564 g/mol. The summed E-state index contributed by atoms with van der Waals surface area (Å²) in [5.74, 6) is -1.21. The highest BCUT2D eigenvalue weighted by molar-refractivity contribution is 7.17. The van der Waals surface area contributed by atoms with Crippen LogP contribution in [0.25, 0.3) is 0 Å². The first-order valence-corrected chi connectivity index (χ1v) is 13.6. The summed E-state index contributed by atoms with van der Waals surface area (Å²) in [5.41, 5.74) is 1.49. The minimum absolute atomic E-state index is 0.0379. The van der Waals surface area contributed by atoms with Crippen molar-refractivity contribution in [2.24, 2.45) is 0 Å². The van der Waals surface area contributed by atoms with Crippen LogP contribution in [0, 0.1) is 0 Å². The molecule has 2 aromatic heterocycles. The zero-order chi connectivity index (χ0) is 27.2. The fourth-order valence-corrected chi connectivity index (χ4v) is 6.45. The second-order valence-corrected chi connectivity index (χ2v) is 11.0. The highest BCUT2D eigenvalue weighted by atomic mass is 35.5. The van der Waals surface area contributed by atoms with E-state index >= 15 is 0 Å². The Kier molecular flexibility index (Phi) is 7.36. The first-order valence-electron chi connectivity index (χ1n) is 12.1. The van der Waals surface area contributed by atoms with Gasteiger partial charge in [0, 0.05) is 17.4 Å². The average molecular weight is 587 g/mol. The number of nitrogens with one attached hydrogen (secondary N) is 2. The Labute approximate surface area is 230 Å². The molecule has 0 radical (unpaired) electrons. The predicted octanol–water partition coefficient (Wildman–Crippen LogP) is 7.22. The van der Waals surface area contributed by atoms with Crippen LogP contribution in [-0.2, 0) is 17.6 Å². The number of rotatable bonds is 5. The smallest absolute Gasteiger partial charge is 0.410 e. The summed E-state index contributed by atoms with van der Waals surface area (Å²) in [6.07, 6.45) is -1.60. The van der Waals surface area contributed by atoms with Crippen LogP contribution in [0.4, 0.5) is 24.0 Å². The van der Waals surface area contributed by atoms with Crippen molar-refractivity contribution in [2.75, 3.05) is 17.2 Å². The molecule has 1 aliphatic carbocycles. The molecule has 2 aliphatic rings. The van der Waals surface area contributed by atoms with Crippen molar-refractivity contribution in [3.63, 3.8) is 0 Å². The number of carbonyl (C=O) groups excluding carboxylic acids is 2. The standard InChI is InChI=1S/C25H23Cl2F3N4O3S/c1-2-37-24(36)21-13-5-3-4-6-18(13)38-23(21)32-22(35)17-11-20-31-16(12-7-8-14(26)15(27)9-12)10-19(25(28,29)30)34(20)33-17/h7-9,11,16,19,31H,2-6,10H2,1H3,(H,32,35)/t16-,19+/m1/s1. The number of aryl methyl sites for hydroxylation is 1. The van der Waals surface area contributed by atoms with E-state index < -0.39 is 30.1 Å². The van der Waals surface area contributed by atoms with Gasteiger partial charge in [-0.2, -0.15) is 18.3 Å². The van der Waals surface area contributed by atoms with Gasteiger partial charge in [-0.15, -0.1) is 11.3 Å². The Morgan fingerprint density at radius 3 is 2.68 bits per heavy atom. The van der Waals surface area contributed by atoms with Crippen LogP contribution in [-0.4, -0.2) is 34.4 Å². The molecule has 202 valence electrons. The molecule has 7 nitrogen and oxygen atoms in total. The Hall–Kier alpha value is -2.76. The molecule has 13 heteroatoms. The quantitative estimate of drug-likeness (QED) is 0.308. The fourth-order valence-electron chi connectivity index (χ4n) is 4.87. The second-order valence-electron chi connectivity index (χ2n) is 9.11. The summed E-state index contributed by atoms with van der Waals surface area (Å²) in [6, 6.07) is 3.21. The molecule has 0 spiro atoms. The largest absolute Gasteiger partial charge is 0.462 e. The molecule has 38 heavy (non-hydrogen) atoms. The lowest BCUT2D eigenvalue weighted by molar-refractivity contribution is -0.173. The van der Waals surface area contributed by atoms with Crippen LogP contribution in [0.1, 0.15) is 75.1 Å². The van der Waals surface area contributed by atoms with E-state index in [-0.39, 0.29) is 29.6 Å². The van der Waals surface area contributed by atoms with E-state index in [4.69, 9.17) is 27.9 Å². The van der Waals surface area contributed by atoms with Crippen LogP contribution in [0.3, 0.4) is 0 Å². The molecule has 5 rings (SSSR count). The minimum atomic E-state index is -4.62. The molecule has 0 bridgehead atoms. The van der Waals surface area contributed by atoms with Gasteiger partial charge in [-0.25, -0.2) is 9.48 Å². The maximum absolute atomic E-state index is 14.1. The highest BCUT2D eigenvalue weighted by Crippen LogP contribution is 2.44. The maximum Gasteiger partial charge on any atom is 0.410 e. The number of anilines is 2. The van der Waals surface area contributed by atoms with E-state index in [9.17, 15) is 22.8 Å². The lowest BCUT2D eigenvalue weighted by atomic mass is 9.95. The Bertz CT molecular complexity index is 1410. The number of hydrogen-bond donors (Lipinski definition) is 2. The van der Waals surface area contributed by atoms with E-state index in [0.717, 1.165) is 34.4 Å². The molecule has 0 unspecified atom stereocenters. The maximum atomic E-state index is 14.1. The number of amides is 1. The predicted molar refractivity (Wildman–Crippen MR) is 140 cm³/mol. The van der Waals surface area contributed by atoms with Crippen molar-refractivity contribution >= 4 is 57.2 Å². The Morgan fingerprint density at radius 2 is 1.97 bits per heavy atom. The summed E-state index contributed by atoms with van der Waals surface area (Å²) in [5, 5.41) is 10.6. The molecular formula is C25H23Cl2F3N4O3S. The van der Waals surface area contributed by atoms with Crippen LogP contribution >= 0.6 is 34.5 Å². The molecule has 1 amide bonds. The number of hydrogen-bond acceptors (Lipinski definition) is 6. The van der Waals surface area contributed by atoms with Gasteiger partial charge in [0.25, 0.3) is 5.91 Å². The van der Waals surface area contributed by atoms with Crippen LogP contribution in [0.15, 0.2) is 24.3 Å². The van der Waals surface area contributed by atoms with E-state index in [2.05, 4.69) is 15.7 Å². The third-order valence-electron chi connectivity index (χ3n) is 6.65. The van der Waals surface area contributed by atoms with Crippen LogP contribution in [0.2, 0.25) is 10.0 Å². The molecule has 2 N–H and O–H groups in total. The third kappa shape index (κ3) is 5.11. The van der Waals surface area contributed by atoms with Gasteiger partial charge in [-0.3, -0.25) is 4.79 Å². The first kappa shape index (κ1) is 26.8. The number of ether oxygens (including phenoxy) is 1. The molecule has 3 heterocycles. The van der Waals surface area contributed by atoms with Crippen molar-refractivity contribution in [2.45, 2.75) is 57.3 Å². The number of nitrogens with zero attached hydrogens (tertiary/aromatic N) is 2. The minimum Gasteiger partial charge on any atom is -0.462 e. The van der Waals surface area contributed by atoms with Gasteiger partial charge in [0.1, 0.15) is 10.8 Å². The molecule has 1 aromatic carbocycles. The fraction of sp³-hybridized carbons (Fsp3) is 0.400. The summed E-state index contributed by atoms with van der Waals surface area (Å²) in [6.45, 7) is 1.87. The number of aromatic nitrogens is 2. The lowest BCUT2D eigenvalue weighted by Gasteiger charge is -2.33. The SMILES string of the molecule is CCOC(=O)c1c(NC(=O)c2cc3n(n2)[C@H](C(F)(F)F)C[C@H](c2ccc(Cl)c(Cl)c2)N3)sc2c1CCCC2. The molecule has 2 atom stereocenters. The summed E-state index contributed by atoms with van der Waals surface area (Å²) in [7, 11) is 0. The molecule has 0 fully saturated rings. The third-order valence-corrected chi connectivity index (χ3v) is 8.59. The van der Waals surface area contributed by atoms with Gasteiger partial charge in [0.05, 0.1) is 28.3 Å². The normalized spacial score (nSPS) is 18.8. The van der Waals surface area contributed by atoms with E-state index in [1.54, 1.807) is 13.0 Å². The number of alkyl halides is 3. The summed E-state index contributed by atoms with van der Waals surface area (Å²) in [4.78, 5) is 26.9. The Balaban J connectivity index is 1.46. The molecule has 0 saturated heterocycles. The number of esters is 1. The zero-order valence-corrected chi connectivity index (χ0v) is 22.5. The van der Waals surface area contributed by atoms with Crippen molar-refractivity contribution in [3.8, 4) is 0 Å². The number of halogens is 5.